The van der Waals surface area contributed by atoms with Gasteiger partial charge in [-0.25, -0.2) is 4.31 Å². The molecule has 0 aromatic heterocycles. The summed E-state index contributed by atoms with van der Waals surface area (Å²) >= 11 is 1.74. The van der Waals surface area contributed by atoms with Crippen LogP contribution in [0.3, 0.4) is 0 Å². The van der Waals surface area contributed by atoms with Gasteiger partial charge in [0, 0.05) is 42.3 Å². The minimum Gasteiger partial charge on any atom is -0.495 e. The number of nitrogens with zero attached hydrogens (tertiary/aromatic N) is 2. The highest BCUT2D eigenvalue weighted by molar-refractivity contribution is 7.97. The molecule has 1 heterocycles. The summed E-state index contributed by atoms with van der Waals surface area (Å²) in [6, 6.07) is 22.3. The molecule has 5 nitrogen and oxygen atoms in total. The number of aryl methyl sites for hydroxylation is 2. The number of para-hydroxylation sites is 2. The summed E-state index contributed by atoms with van der Waals surface area (Å²) in [5.41, 5.74) is 5.15. The van der Waals surface area contributed by atoms with E-state index in [0.717, 1.165) is 54.6 Å². The van der Waals surface area contributed by atoms with Crippen LogP contribution >= 0.6 is 11.9 Å². The Kier molecular flexibility index (Phi) is 8.72. The lowest BCUT2D eigenvalue weighted by Gasteiger charge is -2.36. The first-order valence-corrected chi connectivity index (χ1v) is 13.2. The fourth-order valence-electron chi connectivity index (χ4n) is 4.23. The quantitative estimate of drug-likeness (QED) is 0.351. The third kappa shape index (κ3) is 6.59. The maximum absolute atomic E-state index is 12.9. The molecule has 0 spiro atoms. The van der Waals surface area contributed by atoms with Crippen LogP contribution in [0.1, 0.15) is 41.3 Å². The second-order valence-electron chi connectivity index (χ2n) is 8.91. The van der Waals surface area contributed by atoms with E-state index in [1.165, 1.54) is 24.0 Å². The molecule has 0 bridgehead atoms. The molecule has 1 aliphatic heterocycles. The van der Waals surface area contributed by atoms with Crippen LogP contribution in [-0.2, 0) is 6.42 Å². The molecule has 0 atom stereocenters. The summed E-state index contributed by atoms with van der Waals surface area (Å²) in [6.07, 6.45) is 3.45. The number of piperazine rings is 1. The Balaban J connectivity index is 1.36. The average Bonchev–Trinajstić information content (AvgIpc) is 2.90. The van der Waals surface area contributed by atoms with Crippen molar-refractivity contribution in [3.8, 4) is 5.75 Å². The maximum atomic E-state index is 12.9. The number of hydrogen-bond acceptors (Lipinski definition) is 5. The SMILES string of the molecule is CCCCc1ccc(NC(=O)c2ccc(C)c(SN3CCN(c4ccccc4OC)CC3)c2)cc1. The number of ether oxygens (including phenoxy) is 1. The Morgan fingerprint density at radius 3 is 2.46 bits per heavy atom. The molecule has 0 unspecified atom stereocenters. The van der Waals surface area contributed by atoms with Crippen molar-refractivity contribution in [1.29, 1.82) is 0 Å². The Morgan fingerprint density at radius 2 is 1.74 bits per heavy atom. The van der Waals surface area contributed by atoms with Crippen LogP contribution in [-0.4, -0.2) is 43.5 Å². The third-order valence-electron chi connectivity index (χ3n) is 6.37. The number of unbranched alkanes of at least 4 members (excludes halogenated alkanes) is 1. The fourth-order valence-corrected chi connectivity index (χ4v) is 5.24. The van der Waals surface area contributed by atoms with Gasteiger partial charge in [-0.1, -0.05) is 43.7 Å². The molecule has 1 amide bonds. The first kappa shape index (κ1) is 25.1. The predicted molar refractivity (Wildman–Crippen MR) is 147 cm³/mol. The Hall–Kier alpha value is -2.96. The van der Waals surface area contributed by atoms with Crippen LogP contribution in [0.5, 0.6) is 5.75 Å². The minimum atomic E-state index is -0.0749. The van der Waals surface area contributed by atoms with E-state index in [4.69, 9.17) is 4.74 Å². The normalized spacial score (nSPS) is 14.1. The summed E-state index contributed by atoms with van der Waals surface area (Å²) in [7, 11) is 1.72. The highest BCUT2D eigenvalue weighted by Crippen LogP contribution is 2.32. The number of methoxy groups -OCH3 is 1. The average molecular weight is 490 g/mol. The summed E-state index contributed by atoms with van der Waals surface area (Å²) in [5.74, 6) is 0.841. The molecule has 1 saturated heterocycles. The molecule has 6 heteroatoms. The molecule has 184 valence electrons. The van der Waals surface area contributed by atoms with E-state index in [9.17, 15) is 4.79 Å². The molecule has 35 heavy (non-hydrogen) atoms. The van der Waals surface area contributed by atoms with Crippen LogP contribution < -0.4 is 15.0 Å². The Labute approximate surface area is 213 Å². The van der Waals surface area contributed by atoms with Crippen LogP contribution in [0.25, 0.3) is 0 Å². The van der Waals surface area contributed by atoms with Crippen LogP contribution in [0.2, 0.25) is 0 Å². The number of hydrogen-bond donors (Lipinski definition) is 1. The van der Waals surface area contributed by atoms with Crippen molar-refractivity contribution in [3.63, 3.8) is 0 Å². The lowest BCUT2D eigenvalue weighted by Crippen LogP contribution is -2.43. The summed E-state index contributed by atoms with van der Waals surface area (Å²) in [6.45, 7) is 8.03. The molecular weight excluding hydrogens is 454 g/mol. The van der Waals surface area contributed by atoms with Crippen molar-refractivity contribution in [2.24, 2.45) is 0 Å². The van der Waals surface area contributed by atoms with Gasteiger partial charge < -0.3 is 15.0 Å². The molecule has 1 aliphatic rings. The number of benzene rings is 3. The zero-order valence-electron chi connectivity index (χ0n) is 20.9. The molecule has 3 aromatic rings. The van der Waals surface area contributed by atoms with Gasteiger partial charge in [-0.05, 0) is 79.2 Å². The van der Waals surface area contributed by atoms with Crippen molar-refractivity contribution in [2.75, 3.05) is 43.5 Å². The predicted octanol–water partition coefficient (Wildman–Crippen LogP) is 6.43. The molecule has 1 fully saturated rings. The Morgan fingerprint density at radius 1 is 1.00 bits per heavy atom. The lowest BCUT2D eigenvalue weighted by atomic mass is 10.1. The van der Waals surface area contributed by atoms with Gasteiger partial charge in [0.15, 0.2) is 0 Å². The highest BCUT2D eigenvalue weighted by atomic mass is 32.2. The van der Waals surface area contributed by atoms with Crippen molar-refractivity contribution >= 4 is 29.2 Å². The molecule has 0 radical (unpaired) electrons. The van der Waals surface area contributed by atoms with Crippen LogP contribution in [0.15, 0.2) is 71.6 Å². The van der Waals surface area contributed by atoms with Crippen molar-refractivity contribution in [1.82, 2.24) is 4.31 Å². The minimum absolute atomic E-state index is 0.0749. The molecule has 1 N–H and O–H groups in total. The largest absolute Gasteiger partial charge is 0.495 e. The van der Waals surface area contributed by atoms with Gasteiger partial charge in [-0.2, -0.15) is 0 Å². The molecule has 0 aliphatic carbocycles. The number of nitrogens with one attached hydrogen (secondary N) is 1. The van der Waals surface area contributed by atoms with Gasteiger partial charge in [-0.3, -0.25) is 4.79 Å². The topological polar surface area (TPSA) is 44.8 Å². The second kappa shape index (κ2) is 12.1. The van der Waals surface area contributed by atoms with E-state index in [1.807, 2.05) is 42.5 Å². The first-order chi connectivity index (χ1) is 17.1. The maximum Gasteiger partial charge on any atom is 0.255 e. The van der Waals surface area contributed by atoms with Crippen molar-refractivity contribution in [3.05, 3.63) is 83.4 Å². The van der Waals surface area contributed by atoms with E-state index in [1.54, 1.807) is 19.1 Å². The van der Waals surface area contributed by atoms with Gasteiger partial charge in [0.25, 0.3) is 5.91 Å². The molecular formula is C29H35N3O2S. The highest BCUT2D eigenvalue weighted by Gasteiger charge is 2.21. The van der Waals surface area contributed by atoms with Gasteiger partial charge in [-0.15, -0.1) is 0 Å². The number of rotatable bonds is 9. The van der Waals surface area contributed by atoms with E-state index < -0.39 is 0 Å². The fraction of sp³-hybridized carbons (Fsp3) is 0.345. The summed E-state index contributed by atoms with van der Waals surface area (Å²) in [4.78, 5) is 16.4. The van der Waals surface area contributed by atoms with Crippen molar-refractivity contribution in [2.45, 2.75) is 38.0 Å². The summed E-state index contributed by atoms with van der Waals surface area (Å²) < 4.78 is 7.92. The number of anilines is 2. The second-order valence-corrected chi connectivity index (χ2v) is 10.1. The van der Waals surface area contributed by atoms with Gasteiger partial charge in [0.2, 0.25) is 0 Å². The molecule has 3 aromatic carbocycles. The van der Waals surface area contributed by atoms with Crippen LogP contribution in [0, 0.1) is 6.92 Å². The Bertz CT molecular complexity index is 1130. The standard InChI is InChI=1S/C29H35N3O2S/c1-4-5-8-23-12-15-25(16-13-23)30-29(33)24-14-11-22(2)28(21-24)35-32-19-17-31(18-20-32)26-9-6-7-10-27(26)34-3/h6-7,9-16,21H,4-5,8,17-20H2,1-3H3,(H,30,33). The zero-order valence-corrected chi connectivity index (χ0v) is 21.7. The van der Waals surface area contributed by atoms with Gasteiger partial charge in [0.1, 0.15) is 5.75 Å². The smallest absolute Gasteiger partial charge is 0.255 e. The zero-order chi connectivity index (χ0) is 24.6. The van der Waals surface area contributed by atoms with Crippen LogP contribution in [0.4, 0.5) is 11.4 Å². The number of amides is 1. The summed E-state index contributed by atoms with van der Waals surface area (Å²) in [5, 5.41) is 3.05. The van der Waals surface area contributed by atoms with E-state index >= 15 is 0 Å². The van der Waals surface area contributed by atoms with Crippen molar-refractivity contribution < 1.29 is 9.53 Å². The van der Waals surface area contributed by atoms with E-state index in [-0.39, 0.29) is 5.91 Å². The first-order valence-electron chi connectivity index (χ1n) is 12.4. The van der Waals surface area contributed by atoms with Gasteiger partial charge in [0.05, 0.1) is 12.8 Å². The lowest BCUT2D eigenvalue weighted by molar-refractivity contribution is 0.102. The monoisotopic (exact) mass is 489 g/mol. The third-order valence-corrected chi connectivity index (χ3v) is 7.63. The number of carbonyl (C=O) groups excluding carboxylic acids is 1. The van der Waals surface area contributed by atoms with E-state index in [2.05, 4.69) is 52.6 Å². The molecule has 0 saturated carbocycles. The van der Waals surface area contributed by atoms with E-state index in [0.29, 0.717) is 5.56 Å². The molecule has 4 rings (SSSR count). The number of carbonyl (C=O) groups is 1. The van der Waals surface area contributed by atoms with Gasteiger partial charge >= 0.3 is 0 Å².